The molecule has 19 heavy (non-hydrogen) atoms. The van der Waals surface area contributed by atoms with Crippen molar-refractivity contribution in [2.24, 2.45) is 0 Å². The van der Waals surface area contributed by atoms with Crippen molar-refractivity contribution in [1.29, 1.82) is 0 Å². The van der Waals surface area contributed by atoms with Crippen LogP contribution < -0.4 is 5.59 Å². The average Bonchev–Trinajstić information content (AvgIpc) is 2.69. The van der Waals surface area contributed by atoms with Crippen LogP contribution in [-0.4, -0.2) is 50.1 Å². The highest BCUT2D eigenvalue weighted by molar-refractivity contribution is 6.57. The first-order valence-electron chi connectivity index (χ1n) is 6.17. The Labute approximate surface area is 111 Å². The van der Waals surface area contributed by atoms with Crippen LogP contribution in [0.25, 0.3) is 0 Å². The fourth-order valence-corrected chi connectivity index (χ4v) is 1.90. The van der Waals surface area contributed by atoms with Gasteiger partial charge >= 0.3 is 13.2 Å². The van der Waals surface area contributed by atoms with Crippen LogP contribution in [0.4, 0.5) is 4.79 Å². The van der Waals surface area contributed by atoms with Crippen molar-refractivity contribution in [2.75, 3.05) is 6.54 Å². The molecule has 0 radical (unpaired) electrons. The Morgan fingerprint density at radius 2 is 2.11 bits per heavy atom. The maximum absolute atomic E-state index is 11.9. The van der Waals surface area contributed by atoms with Crippen LogP contribution in [0.5, 0.6) is 0 Å². The molecule has 0 spiro atoms. The second-order valence-corrected chi connectivity index (χ2v) is 5.56. The lowest BCUT2D eigenvalue weighted by Crippen LogP contribution is -2.41. The molecule has 7 nitrogen and oxygen atoms in total. The van der Waals surface area contributed by atoms with Crippen LogP contribution in [0.15, 0.2) is 6.07 Å². The van der Waals surface area contributed by atoms with Gasteiger partial charge in [-0.3, -0.25) is 4.68 Å². The van der Waals surface area contributed by atoms with Gasteiger partial charge in [0.2, 0.25) is 0 Å². The summed E-state index contributed by atoms with van der Waals surface area (Å²) in [6, 6.07) is 1.58. The van der Waals surface area contributed by atoms with Crippen LogP contribution in [0.1, 0.15) is 26.5 Å². The number of amides is 1. The third-order valence-corrected chi connectivity index (χ3v) is 2.73. The largest absolute Gasteiger partial charge is 0.510 e. The minimum absolute atomic E-state index is 0.195. The van der Waals surface area contributed by atoms with Gasteiger partial charge in [-0.2, -0.15) is 5.10 Å². The molecule has 2 rings (SSSR count). The standard InChI is InChI=1S/C11H18BN3O4/c1-11(2,3)19-10(16)14-4-5-15-8(7-14)6-9(13-15)12(17)18/h6,17-18H,4-5,7H2,1-3H3. The molecule has 0 unspecified atom stereocenters. The van der Waals surface area contributed by atoms with Crippen molar-refractivity contribution in [3.05, 3.63) is 11.8 Å². The molecule has 2 heterocycles. The minimum Gasteiger partial charge on any atom is -0.444 e. The number of carbonyl (C=O) groups excluding carboxylic acids is 1. The summed E-state index contributed by atoms with van der Waals surface area (Å²) in [5.41, 5.74) is 0.433. The Kier molecular flexibility index (Phi) is 3.55. The maximum atomic E-state index is 11.9. The SMILES string of the molecule is CC(C)(C)OC(=O)N1CCn2nc(B(O)O)cc2C1. The predicted molar refractivity (Wildman–Crippen MR) is 68.7 cm³/mol. The highest BCUT2D eigenvalue weighted by atomic mass is 16.6. The highest BCUT2D eigenvalue weighted by Crippen LogP contribution is 2.15. The number of hydrogen-bond acceptors (Lipinski definition) is 5. The van der Waals surface area contributed by atoms with Gasteiger partial charge in [-0.05, 0) is 26.8 Å². The van der Waals surface area contributed by atoms with E-state index in [4.69, 9.17) is 14.8 Å². The van der Waals surface area contributed by atoms with Gasteiger partial charge in [0.05, 0.1) is 24.4 Å². The molecule has 0 aromatic carbocycles. The lowest BCUT2D eigenvalue weighted by molar-refractivity contribution is 0.0194. The zero-order valence-corrected chi connectivity index (χ0v) is 11.3. The molecule has 0 saturated carbocycles. The van der Waals surface area contributed by atoms with E-state index in [1.54, 1.807) is 15.6 Å². The van der Waals surface area contributed by atoms with Gasteiger partial charge in [-0.25, -0.2) is 4.79 Å². The number of fused-ring (bicyclic) bond motifs is 1. The molecule has 0 bridgehead atoms. The summed E-state index contributed by atoms with van der Waals surface area (Å²) in [6.45, 7) is 6.82. The number of nitrogens with zero attached hydrogens (tertiary/aromatic N) is 3. The molecule has 0 aliphatic carbocycles. The molecule has 1 aliphatic heterocycles. The molecule has 0 atom stereocenters. The Morgan fingerprint density at radius 3 is 2.68 bits per heavy atom. The van der Waals surface area contributed by atoms with E-state index in [0.29, 0.717) is 19.6 Å². The molecule has 1 aromatic heterocycles. The van der Waals surface area contributed by atoms with Gasteiger partial charge in [0, 0.05) is 6.54 Å². The van der Waals surface area contributed by atoms with Gasteiger partial charge < -0.3 is 19.7 Å². The average molecular weight is 267 g/mol. The van der Waals surface area contributed by atoms with Gasteiger partial charge in [-0.1, -0.05) is 0 Å². The highest BCUT2D eigenvalue weighted by Gasteiger charge is 2.28. The van der Waals surface area contributed by atoms with Crippen LogP contribution >= 0.6 is 0 Å². The first kappa shape index (κ1) is 13.9. The van der Waals surface area contributed by atoms with Gasteiger partial charge in [0.15, 0.2) is 0 Å². The Hall–Kier alpha value is -1.54. The second-order valence-electron chi connectivity index (χ2n) is 5.56. The zero-order chi connectivity index (χ0) is 14.2. The zero-order valence-electron chi connectivity index (χ0n) is 11.3. The molecule has 1 amide bonds. The molecule has 0 saturated heterocycles. The molecular weight excluding hydrogens is 249 g/mol. The van der Waals surface area contributed by atoms with Crippen molar-refractivity contribution in [2.45, 2.75) is 39.5 Å². The third kappa shape index (κ3) is 3.27. The van der Waals surface area contributed by atoms with Crippen molar-refractivity contribution >= 4 is 18.8 Å². The monoisotopic (exact) mass is 267 g/mol. The molecular formula is C11H18BN3O4. The van der Waals surface area contributed by atoms with Crippen LogP contribution in [0.2, 0.25) is 0 Å². The van der Waals surface area contributed by atoms with E-state index < -0.39 is 12.7 Å². The number of aromatic nitrogens is 2. The first-order chi connectivity index (χ1) is 8.76. The van der Waals surface area contributed by atoms with Gasteiger partial charge in [0.1, 0.15) is 5.60 Å². The predicted octanol–water partition coefficient (Wildman–Crippen LogP) is -0.686. The Balaban J connectivity index is 2.07. The molecule has 1 aromatic rings. The summed E-state index contributed by atoms with van der Waals surface area (Å²) in [4.78, 5) is 13.5. The Bertz CT molecular complexity index is 481. The van der Waals surface area contributed by atoms with Crippen molar-refractivity contribution in [3.63, 3.8) is 0 Å². The van der Waals surface area contributed by atoms with Crippen molar-refractivity contribution < 1.29 is 19.6 Å². The summed E-state index contributed by atoms with van der Waals surface area (Å²) >= 11 is 0. The number of hydrogen-bond donors (Lipinski definition) is 2. The van der Waals surface area contributed by atoms with Crippen molar-refractivity contribution in [3.8, 4) is 0 Å². The van der Waals surface area contributed by atoms with Crippen LogP contribution in [0, 0.1) is 0 Å². The smallest absolute Gasteiger partial charge is 0.444 e. The first-order valence-corrected chi connectivity index (χ1v) is 6.17. The number of rotatable bonds is 1. The molecule has 104 valence electrons. The quantitative estimate of drug-likeness (QED) is 0.658. The lowest BCUT2D eigenvalue weighted by Gasteiger charge is -2.30. The van der Waals surface area contributed by atoms with E-state index in [1.165, 1.54) is 0 Å². The number of ether oxygens (including phenoxy) is 1. The summed E-state index contributed by atoms with van der Waals surface area (Å²) < 4.78 is 6.98. The normalized spacial score (nSPS) is 15.1. The van der Waals surface area contributed by atoms with E-state index in [2.05, 4.69) is 5.10 Å². The molecule has 0 fully saturated rings. The second kappa shape index (κ2) is 4.86. The fourth-order valence-electron chi connectivity index (χ4n) is 1.90. The van der Waals surface area contributed by atoms with E-state index in [0.717, 1.165) is 5.69 Å². The summed E-state index contributed by atoms with van der Waals surface area (Å²) in [7, 11) is -1.59. The molecule has 8 heteroatoms. The van der Waals surface area contributed by atoms with Crippen molar-refractivity contribution in [1.82, 2.24) is 14.7 Å². The van der Waals surface area contributed by atoms with Gasteiger partial charge in [0.25, 0.3) is 0 Å². The fraction of sp³-hybridized carbons (Fsp3) is 0.636. The summed E-state index contributed by atoms with van der Waals surface area (Å²) in [5, 5.41) is 22.2. The lowest BCUT2D eigenvalue weighted by atomic mass is 9.86. The van der Waals surface area contributed by atoms with Crippen LogP contribution in [0.3, 0.4) is 0 Å². The van der Waals surface area contributed by atoms with E-state index in [-0.39, 0.29) is 11.7 Å². The van der Waals surface area contributed by atoms with E-state index in [1.807, 2.05) is 20.8 Å². The molecule has 2 N–H and O–H groups in total. The maximum Gasteiger partial charge on any atom is 0.510 e. The van der Waals surface area contributed by atoms with E-state index >= 15 is 0 Å². The molecule has 1 aliphatic rings. The third-order valence-electron chi connectivity index (χ3n) is 2.73. The summed E-state index contributed by atoms with van der Waals surface area (Å²) in [5.74, 6) is 0. The van der Waals surface area contributed by atoms with Crippen LogP contribution in [-0.2, 0) is 17.8 Å². The van der Waals surface area contributed by atoms with E-state index in [9.17, 15) is 4.79 Å². The minimum atomic E-state index is -1.59. The Morgan fingerprint density at radius 1 is 1.42 bits per heavy atom. The topological polar surface area (TPSA) is 87.8 Å². The van der Waals surface area contributed by atoms with Gasteiger partial charge in [-0.15, -0.1) is 0 Å². The number of carbonyl (C=O) groups is 1. The summed E-state index contributed by atoms with van der Waals surface area (Å²) in [6.07, 6.45) is -0.369.